The number of aromatic nitrogens is 3. The van der Waals surface area contributed by atoms with E-state index in [1.807, 2.05) is 41.9 Å². The Kier molecular flexibility index (Phi) is 4.21. The van der Waals surface area contributed by atoms with E-state index in [4.69, 9.17) is 4.98 Å². The van der Waals surface area contributed by atoms with Crippen LogP contribution in [0.5, 0.6) is 0 Å². The third-order valence-corrected chi connectivity index (χ3v) is 5.53. The Bertz CT molecular complexity index is 1150. The van der Waals surface area contributed by atoms with Crippen molar-refractivity contribution in [1.82, 2.24) is 15.0 Å². The van der Waals surface area contributed by atoms with Crippen molar-refractivity contribution in [2.75, 3.05) is 23.3 Å². The van der Waals surface area contributed by atoms with Gasteiger partial charge in [-0.3, -0.25) is 10.1 Å². The number of nitrogens with one attached hydrogen (secondary N) is 1. The zero-order valence-electron chi connectivity index (χ0n) is 15.0. The highest BCUT2D eigenvalue weighted by atomic mass is 32.1. The zero-order valence-corrected chi connectivity index (χ0v) is 15.8. The molecule has 0 unspecified atom stereocenters. The Morgan fingerprint density at radius 2 is 2.00 bits per heavy atom. The molecule has 0 saturated carbocycles. The summed E-state index contributed by atoms with van der Waals surface area (Å²) in [6.07, 6.45) is 4.69. The number of para-hydroxylation sites is 1. The summed E-state index contributed by atoms with van der Waals surface area (Å²) in [5, 5.41) is 6.17. The maximum absolute atomic E-state index is 12.8. The van der Waals surface area contributed by atoms with Crippen LogP contribution in [-0.4, -0.2) is 33.9 Å². The van der Waals surface area contributed by atoms with E-state index in [0.717, 1.165) is 35.6 Å². The van der Waals surface area contributed by atoms with E-state index in [1.165, 1.54) is 17.8 Å². The first kappa shape index (κ1) is 16.8. The Labute approximate surface area is 165 Å². The number of carbonyl (C=O) groups is 1. The highest BCUT2D eigenvalue weighted by Crippen LogP contribution is 2.27. The number of benzene rings is 1. The number of carbonyl (C=O) groups excluding carboxylic acids is 1. The summed E-state index contributed by atoms with van der Waals surface area (Å²) < 4.78 is 0. The summed E-state index contributed by atoms with van der Waals surface area (Å²) in [5.41, 5.74) is 3.03. The lowest BCUT2D eigenvalue weighted by molar-refractivity contribution is 0.102. The maximum atomic E-state index is 12.8. The quantitative estimate of drug-likeness (QED) is 0.568. The molecule has 1 saturated heterocycles. The number of amides is 1. The van der Waals surface area contributed by atoms with Crippen LogP contribution in [0.15, 0.2) is 60.2 Å². The normalized spacial score (nSPS) is 13.4. The third kappa shape index (κ3) is 3.10. The highest BCUT2D eigenvalue weighted by molar-refractivity contribution is 7.13. The van der Waals surface area contributed by atoms with Gasteiger partial charge in [-0.1, -0.05) is 18.2 Å². The molecule has 1 amide bonds. The van der Waals surface area contributed by atoms with Gasteiger partial charge in [-0.15, -0.1) is 11.3 Å². The fraction of sp³-hybridized carbons (Fsp3) is 0.143. The summed E-state index contributed by atoms with van der Waals surface area (Å²) in [6, 6.07) is 13.6. The molecule has 1 N–H and O–H groups in total. The van der Waals surface area contributed by atoms with E-state index in [1.54, 1.807) is 12.3 Å². The minimum absolute atomic E-state index is 0.207. The average molecular weight is 387 g/mol. The molecule has 4 heterocycles. The van der Waals surface area contributed by atoms with Crippen LogP contribution in [0, 0.1) is 0 Å². The van der Waals surface area contributed by atoms with Gasteiger partial charge in [0.05, 0.1) is 16.8 Å². The van der Waals surface area contributed by atoms with Crippen LogP contribution in [0.4, 0.5) is 10.9 Å². The van der Waals surface area contributed by atoms with E-state index in [0.29, 0.717) is 16.2 Å². The summed E-state index contributed by atoms with van der Waals surface area (Å²) >= 11 is 1.39. The smallest absolute Gasteiger partial charge is 0.259 e. The summed E-state index contributed by atoms with van der Waals surface area (Å²) in [5.74, 6) is 0.765. The lowest BCUT2D eigenvalue weighted by Gasteiger charge is -2.32. The van der Waals surface area contributed by atoms with Crippen molar-refractivity contribution in [2.24, 2.45) is 0 Å². The fourth-order valence-electron chi connectivity index (χ4n) is 3.24. The molecule has 0 atom stereocenters. The molecule has 1 aliphatic rings. The standard InChI is InChI=1S/C21H17N5OS/c27-20(25-21-23-9-12-28-21)16-4-1-3-14-5-6-17(24-19(14)16)15-7-8-22-18(13-15)26-10-2-11-26/h1,3-9,12-13H,2,10-11H2,(H,23,25,27). The lowest BCUT2D eigenvalue weighted by Crippen LogP contribution is -2.37. The molecule has 3 aromatic heterocycles. The molecule has 7 heteroatoms. The number of fused-ring (bicyclic) bond motifs is 1. The number of rotatable bonds is 4. The van der Waals surface area contributed by atoms with E-state index in [9.17, 15) is 4.79 Å². The molecule has 138 valence electrons. The minimum atomic E-state index is -0.207. The maximum Gasteiger partial charge on any atom is 0.259 e. The Morgan fingerprint density at radius 1 is 1.07 bits per heavy atom. The van der Waals surface area contributed by atoms with E-state index in [2.05, 4.69) is 26.3 Å². The van der Waals surface area contributed by atoms with Gasteiger partial charge in [0.25, 0.3) is 5.91 Å². The van der Waals surface area contributed by atoms with Crippen molar-refractivity contribution in [3.8, 4) is 11.3 Å². The lowest BCUT2D eigenvalue weighted by atomic mass is 10.1. The average Bonchev–Trinajstić information content (AvgIpc) is 3.19. The number of pyridine rings is 2. The second-order valence-corrected chi connectivity index (χ2v) is 7.50. The summed E-state index contributed by atoms with van der Waals surface area (Å²) in [4.78, 5) is 28.4. The van der Waals surface area contributed by atoms with Crippen molar-refractivity contribution in [3.63, 3.8) is 0 Å². The second-order valence-electron chi connectivity index (χ2n) is 6.61. The third-order valence-electron chi connectivity index (χ3n) is 4.84. The van der Waals surface area contributed by atoms with Crippen LogP contribution in [0.1, 0.15) is 16.8 Å². The molecule has 1 aliphatic heterocycles. The van der Waals surface area contributed by atoms with Gasteiger partial charge in [0.15, 0.2) is 5.13 Å². The van der Waals surface area contributed by atoms with Crippen LogP contribution in [0.3, 0.4) is 0 Å². The van der Waals surface area contributed by atoms with Gasteiger partial charge in [0.1, 0.15) is 5.82 Å². The van der Waals surface area contributed by atoms with Gasteiger partial charge >= 0.3 is 0 Å². The number of hydrogen-bond acceptors (Lipinski definition) is 6. The predicted molar refractivity (Wildman–Crippen MR) is 112 cm³/mol. The molecular weight excluding hydrogens is 370 g/mol. The van der Waals surface area contributed by atoms with Crippen molar-refractivity contribution < 1.29 is 4.79 Å². The van der Waals surface area contributed by atoms with Crippen LogP contribution in [0.2, 0.25) is 0 Å². The van der Waals surface area contributed by atoms with E-state index >= 15 is 0 Å². The van der Waals surface area contributed by atoms with Gasteiger partial charge in [0, 0.05) is 41.8 Å². The Balaban J connectivity index is 1.54. The zero-order chi connectivity index (χ0) is 18.9. The van der Waals surface area contributed by atoms with Crippen LogP contribution in [0.25, 0.3) is 22.2 Å². The number of thiazole rings is 1. The van der Waals surface area contributed by atoms with Crippen molar-refractivity contribution >= 4 is 39.1 Å². The molecule has 4 aromatic rings. The van der Waals surface area contributed by atoms with Gasteiger partial charge in [-0.2, -0.15) is 0 Å². The van der Waals surface area contributed by atoms with Crippen molar-refractivity contribution in [3.05, 3.63) is 65.8 Å². The molecule has 28 heavy (non-hydrogen) atoms. The Hall–Kier alpha value is -3.32. The predicted octanol–water partition coefficient (Wildman–Crippen LogP) is 4.22. The van der Waals surface area contributed by atoms with Crippen molar-refractivity contribution in [2.45, 2.75) is 6.42 Å². The van der Waals surface area contributed by atoms with E-state index in [-0.39, 0.29) is 5.91 Å². The monoisotopic (exact) mass is 387 g/mol. The van der Waals surface area contributed by atoms with Gasteiger partial charge < -0.3 is 4.90 Å². The van der Waals surface area contributed by atoms with Gasteiger partial charge in [-0.25, -0.2) is 15.0 Å². The molecule has 5 rings (SSSR count). The molecule has 6 nitrogen and oxygen atoms in total. The van der Waals surface area contributed by atoms with Crippen molar-refractivity contribution in [1.29, 1.82) is 0 Å². The Morgan fingerprint density at radius 3 is 2.79 bits per heavy atom. The number of hydrogen-bond donors (Lipinski definition) is 1. The first-order valence-corrected chi connectivity index (χ1v) is 9.98. The number of anilines is 2. The fourth-order valence-corrected chi connectivity index (χ4v) is 3.76. The molecule has 0 radical (unpaired) electrons. The molecule has 0 bridgehead atoms. The second kappa shape index (κ2) is 7.01. The highest BCUT2D eigenvalue weighted by Gasteiger charge is 2.17. The molecule has 1 fully saturated rings. The molecule has 0 aliphatic carbocycles. The summed E-state index contributed by atoms with van der Waals surface area (Å²) in [6.45, 7) is 2.09. The molecular formula is C21H17N5OS. The number of nitrogens with zero attached hydrogens (tertiary/aromatic N) is 4. The van der Waals surface area contributed by atoms with Crippen LogP contribution in [-0.2, 0) is 0 Å². The topological polar surface area (TPSA) is 71.0 Å². The first-order chi connectivity index (χ1) is 13.8. The molecule has 0 spiro atoms. The van der Waals surface area contributed by atoms with Crippen LogP contribution >= 0.6 is 11.3 Å². The summed E-state index contributed by atoms with van der Waals surface area (Å²) in [7, 11) is 0. The SMILES string of the molecule is O=C(Nc1nccs1)c1cccc2ccc(-c3ccnc(N4CCC4)c3)nc12. The first-order valence-electron chi connectivity index (χ1n) is 9.10. The van der Waals surface area contributed by atoms with E-state index < -0.39 is 0 Å². The molecule has 1 aromatic carbocycles. The van der Waals surface area contributed by atoms with Gasteiger partial charge in [-0.05, 0) is 30.7 Å². The largest absolute Gasteiger partial charge is 0.356 e. The van der Waals surface area contributed by atoms with Crippen LogP contribution < -0.4 is 10.2 Å². The minimum Gasteiger partial charge on any atom is -0.356 e. The van der Waals surface area contributed by atoms with Gasteiger partial charge in [0.2, 0.25) is 0 Å².